The van der Waals surface area contributed by atoms with Gasteiger partial charge < -0.3 is 9.47 Å². The minimum absolute atomic E-state index is 0.607. The number of hydrogen-bond donors (Lipinski definition) is 0. The summed E-state index contributed by atoms with van der Waals surface area (Å²) < 4.78 is 21.3. The number of ether oxygens (including phenoxy) is 2. The van der Waals surface area contributed by atoms with Gasteiger partial charge in [0.1, 0.15) is 5.60 Å². The van der Waals surface area contributed by atoms with E-state index in [1.165, 1.54) is 0 Å². The summed E-state index contributed by atoms with van der Waals surface area (Å²) in [7, 11) is 1.16. The topological polar surface area (TPSA) is 35.5 Å². The molecule has 0 amide bonds. The van der Waals surface area contributed by atoms with Gasteiger partial charge in [-0.15, -0.1) is 0 Å². The molecule has 0 aliphatic heterocycles. The van der Waals surface area contributed by atoms with Gasteiger partial charge in [-0.2, -0.15) is 0 Å². The van der Waals surface area contributed by atoms with Crippen LogP contribution in [-0.2, 0) is 14.3 Å². The lowest BCUT2D eigenvalue weighted by Gasteiger charge is -2.16. The highest BCUT2D eigenvalue weighted by molar-refractivity contribution is 5.88. The molecule has 0 N–H and O–H groups in total. The molecule has 74 valence electrons. The van der Waals surface area contributed by atoms with Crippen LogP contribution in [0.1, 0.15) is 20.8 Å². The minimum Gasteiger partial charge on any atom is -0.450 e. The second kappa shape index (κ2) is 4.83. The summed E-state index contributed by atoms with van der Waals surface area (Å²) in [4.78, 5) is 10.9. The van der Waals surface area contributed by atoms with Crippen LogP contribution in [0.5, 0.6) is 0 Å². The Hall–Kier alpha value is -1.08. The van der Waals surface area contributed by atoms with Gasteiger partial charge in [0.25, 0.3) is 6.36 Å². The largest absolute Gasteiger partial charge is 0.450 e. The van der Waals surface area contributed by atoms with Crippen molar-refractivity contribution in [3.05, 3.63) is 0 Å². The standard InChI is InChI=1S/C9H13FO3/c1-9(2,3)13-8(11)6-5-7(10)12-4/h7H,1-4H3. The smallest absolute Gasteiger partial charge is 0.385 e. The maximum Gasteiger partial charge on any atom is 0.385 e. The summed E-state index contributed by atoms with van der Waals surface area (Å²) in [5, 5.41) is 0. The second-order valence-corrected chi connectivity index (χ2v) is 3.32. The molecule has 0 spiro atoms. The third kappa shape index (κ3) is 7.29. The van der Waals surface area contributed by atoms with Crippen LogP contribution in [0.25, 0.3) is 0 Å². The summed E-state index contributed by atoms with van der Waals surface area (Å²) in [5.41, 5.74) is -0.607. The number of alkyl halides is 1. The van der Waals surface area contributed by atoms with Crippen molar-refractivity contribution in [1.82, 2.24) is 0 Å². The molecule has 4 heteroatoms. The molecule has 1 atom stereocenters. The Bertz CT molecular complexity index is 231. The van der Waals surface area contributed by atoms with Crippen molar-refractivity contribution in [2.75, 3.05) is 7.11 Å². The quantitative estimate of drug-likeness (QED) is 0.353. The molecule has 0 aromatic rings. The zero-order chi connectivity index (χ0) is 10.5. The van der Waals surface area contributed by atoms with Gasteiger partial charge in [-0.1, -0.05) is 0 Å². The lowest BCUT2D eigenvalue weighted by molar-refractivity contribution is -0.147. The van der Waals surface area contributed by atoms with Crippen LogP contribution >= 0.6 is 0 Å². The molecule has 0 aliphatic carbocycles. The van der Waals surface area contributed by atoms with Crippen LogP contribution < -0.4 is 0 Å². The van der Waals surface area contributed by atoms with Crippen molar-refractivity contribution in [2.45, 2.75) is 32.7 Å². The first-order chi connectivity index (χ1) is 5.85. The van der Waals surface area contributed by atoms with Gasteiger partial charge in [-0.25, -0.2) is 9.18 Å². The van der Waals surface area contributed by atoms with Crippen molar-refractivity contribution >= 4 is 5.97 Å². The van der Waals surface area contributed by atoms with Gasteiger partial charge in [0, 0.05) is 13.0 Å². The first-order valence-corrected chi connectivity index (χ1v) is 3.76. The van der Waals surface area contributed by atoms with Crippen LogP contribution in [0.15, 0.2) is 0 Å². The van der Waals surface area contributed by atoms with Crippen molar-refractivity contribution in [3.8, 4) is 11.8 Å². The number of hydrogen-bond acceptors (Lipinski definition) is 3. The van der Waals surface area contributed by atoms with E-state index in [0.717, 1.165) is 7.11 Å². The molecule has 0 heterocycles. The zero-order valence-electron chi connectivity index (χ0n) is 8.18. The highest BCUT2D eigenvalue weighted by atomic mass is 19.1. The predicted octanol–water partition coefficient (Wildman–Crippen LogP) is 1.27. The first kappa shape index (κ1) is 11.9. The molecular weight excluding hydrogens is 175 g/mol. The number of carbonyl (C=O) groups excluding carboxylic acids is 1. The maximum atomic E-state index is 12.3. The second-order valence-electron chi connectivity index (χ2n) is 3.32. The summed E-state index contributed by atoms with van der Waals surface area (Å²) >= 11 is 0. The van der Waals surface area contributed by atoms with E-state index in [-0.39, 0.29) is 0 Å². The number of methoxy groups -OCH3 is 1. The first-order valence-electron chi connectivity index (χ1n) is 3.76. The fourth-order valence-corrected chi connectivity index (χ4v) is 0.478. The van der Waals surface area contributed by atoms with Gasteiger partial charge in [-0.3, -0.25) is 0 Å². The molecule has 0 fully saturated rings. The fourth-order valence-electron chi connectivity index (χ4n) is 0.478. The molecule has 0 bridgehead atoms. The van der Waals surface area contributed by atoms with E-state index in [0.29, 0.717) is 0 Å². The van der Waals surface area contributed by atoms with E-state index in [1.807, 2.05) is 11.8 Å². The highest BCUT2D eigenvalue weighted by Crippen LogP contribution is 2.06. The van der Waals surface area contributed by atoms with Gasteiger partial charge in [0.2, 0.25) is 0 Å². The Kier molecular flexibility index (Phi) is 4.43. The Morgan fingerprint density at radius 3 is 2.38 bits per heavy atom. The van der Waals surface area contributed by atoms with E-state index in [4.69, 9.17) is 4.74 Å². The molecule has 0 radical (unpaired) electrons. The summed E-state index contributed by atoms with van der Waals surface area (Å²) in [5.74, 6) is 3.16. The van der Waals surface area contributed by atoms with Crippen molar-refractivity contribution in [3.63, 3.8) is 0 Å². The molecule has 0 saturated carbocycles. The Morgan fingerprint density at radius 1 is 1.46 bits per heavy atom. The molecule has 0 aromatic heterocycles. The summed E-state index contributed by atoms with van der Waals surface area (Å²) in [6.07, 6.45) is -1.74. The fraction of sp³-hybridized carbons (Fsp3) is 0.667. The van der Waals surface area contributed by atoms with Crippen LogP contribution in [0.3, 0.4) is 0 Å². The van der Waals surface area contributed by atoms with Gasteiger partial charge in [0.15, 0.2) is 0 Å². The Morgan fingerprint density at radius 2 is 2.00 bits per heavy atom. The van der Waals surface area contributed by atoms with Crippen LogP contribution in [-0.4, -0.2) is 25.0 Å². The monoisotopic (exact) mass is 188 g/mol. The number of rotatable bonds is 1. The maximum absolute atomic E-state index is 12.3. The molecule has 13 heavy (non-hydrogen) atoms. The zero-order valence-corrected chi connectivity index (χ0v) is 8.18. The normalized spacial score (nSPS) is 12.7. The van der Waals surface area contributed by atoms with Gasteiger partial charge >= 0.3 is 5.97 Å². The van der Waals surface area contributed by atoms with Crippen molar-refractivity contribution in [2.24, 2.45) is 0 Å². The third-order valence-electron chi connectivity index (χ3n) is 0.894. The van der Waals surface area contributed by atoms with Crippen LogP contribution in [0, 0.1) is 11.8 Å². The average Bonchev–Trinajstić information content (AvgIpc) is 1.97. The SMILES string of the molecule is COC(F)C#CC(=O)OC(C)(C)C. The molecule has 0 rings (SSSR count). The van der Waals surface area contributed by atoms with Crippen molar-refractivity contribution in [1.29, 1.82) is 0 Å². The minimum atomic E-state index is -1.74. The van der Waals surface area contributed by atoms with Gasteiger partial charge in [0.05, 0.1) is 0 Å². The number of esters is 1. The Labute approximate surface area is 77.2 Å². The van der Waals surface area contributed by atoms with E-state index in [2.05, 4.69) is 4.74 Å². The highest BCUT2D eigenvalue weighted by Gasteiger charge is 2.14. The number of halogens is 1. The molecular formula is C9H13FO3. The van der Waals surface area contributed by atoms with E-state index >= 15 is 0 Å². The van der Waals surface area contributed by atoms with Crippen molar-refractivity contribution < 1.29 is 18.7 Å². The molecule has 0 aromatic carbocycles. The molecule has 3 nitrogen and oxygen atoms in total. The lowest BCUT2D eigenvalue weighted by atomic mass is 10.2. The van der Waals surface area contributed by atoms with Gasteiger partial charge in [-0.05, 0) is 26.7 Å². The number of carbonyl (C=O) groups is 1. The lowest BCUT2D eigenvalue weighted by Crippen LogP contribution is -2.22. The molecule has 1 unspecified atom stereocenters. The summed E-state index contributed by atoms with van der Waals surface area (Å²) in [6.45, 7) is 5.11. The average molecular weight is 188 g/mol. The third-order valence-corrected chi connectivity index (χ3v) is 0.894. The van der Waals surface area contributed by atoms with E-state index < -0.39 is 17.9 Å². The molecule has 0 saturated heterocycles. The van der Waals surface area contributed by atoms with Crippen LogP contribution in [0.4, 0.5) is 4.39 Å². The Balaban J connectivity index is 4.06. The molecule has 0 aliphatic rings. The van der Waals surface area contributed by atoms with E-state index in [9.17, 15) is 9.18 Å². The summed E-state index contributed by atoms with van der Waals surface area (Å²) in [6, 6.07) is 0. The van der Waals surface area contributed by atoms with Crippen LogP contribution in [0.2, 0.25) is 0 Å². The predicted molar refractivity (Wildman–Crippen MR) is 45.5 cm³/mol. The van der Waals surface area contributed by atoms with E-state index in [1.54, 1.807) is 20.8 Å².